The van der Waals surface area contributed by atoms with Gasteiger partial charge in [0.1, 0.15) is 0 Å². The van der Waals surface area contributed by atoms with Gasteiger partial charge in [-0.1, -0.05) is 72.8 Å². The molecule has 0 aliphatic heterocycles. The Balaban J connectivity index is 1.92. The van der Waals surface area contributed by atoms with E-state index in [0.29, 0.717) is 5.78 Å². The van der Waals surface area contributed by atoms with Crippen molar-refractivity contribution in [2.75, 3.05) is 0 Å². The summed E-state index contributed by atoms with van der Waals surface area (Å²) in [4.78, 5) is 12.7. The number of benzene rings is 2. The molecule has 1 aliphatic carbocycles. The van der Waals surface area contributed by atoms with E-state index in [-0.39, 0.29) is 11.8 Å². The van der Waals surface area contributed by atoms with Gasteiger partial charge >= 0.3 is 0 Å². The largest absolute Gasteiger partial charge is 0.298 e. The van der Waals surface area contributed by atoms with Gasteiger partial charge in [0.15, 0.2) is 5.78 Å². The van der Waals surface area contributed by atoms with E-state index in [2.05, 4.69) is 6.08 Å². The SMILES string of the molecule is O=C1C(c2ccccc2)C=CCC1c1ccccc1. The van der Waals surface area contributed by atoms with Crippen molar-refractivity contribution >= 4 is 5.78 Å². The molecule has 0 N–H and O–H groups in total. The van der Waals surface area contributed by atoms with Crippen LogP contribution >= 0.6 is 0 Å². The minimum atomic E-state index is -0.0971. The van der Waals surface area contributed by atoms with Crippen molar-refractivity contribution in [3.63, 3.8) is 0 Å². The van der Waals surface area contributed by atoms with Crippen molar-refractivity contribution in [3.05, 3.63) is 83.9 Å². The molecular formula is C18H16O. The highest BCUT2D eigenvalue weighted by atomic mass is 16.1. The molecule has 0 bridgehead atoms. The van der Waals surface area contributed by atoms with Crippen molar-refractivity contribution in [2.24, 2.45) is 0 Å². The Labute approximate surface area is 113 Å². The predicted octanol–water partition coefficient (Wildman–Crippen LogP) is 4.08. The number of allylic oxidation sites excluding steroid dienone is 2. The van der Waals surface area contributed by atoms with Crippen LogP contribution < -0.4 is 0 Å². The van der Waals surface area contributed by atoms with Crippen LogP contribution in [0, 0.1) is 0 Å². The zero-order valence-electron chi connectivity index (χ0n) is 10.7. The van der Waals surface area contributed by atoms with E-state index in [0.717, 1.165) is 17.5 Å². The Morgan fingerprint density at radius 1 is 0.789 bits per heavy atom. The number of hydrogen-bond acceptors (Lipinski definition) is 1. The zero-order chi connectivity index (χ0) is 13.1. The van der Waals surface area contributed by atoms with Crippen LogP contribution in [0.3, 0.4) is 0 Å². The van der Waals surface area contributed by atoms with Crippen LogP contribution in [0.1, 0.15) is 29.4 Å². The molecular weight excluding hydrogens is 232 g/mol. The first-order chi connectivity index (χ1) is 9.36. The second-order valence-electron chi connectivity index (χ2n) is 4.92. The lowest BCUT2D eigenvalue weighted by molar-refractivity contribution is -0.121. The molecule has 1 aliphatic rings. The number of ketones is 1. The summed E-state index contributed by atoms with van der Waals surface area (Å²) < 4.78 is 0. The van der Waals surface area contributed by atoms with Crippen LogP contribution in [0.15, 0.2) is 72.8 Å². The average Bonchev–Trinajstić information content (AvgIpc) is 2.49. The Morgan fingerprint density at radius 3 is 2.00 bits per heavy atom. The molecule has 3 rings (SSSR count). The second kappa shape index (κ2) is 5.23. The molecule has 0 amide bonds. The van der Waals surface area contributed by atoms with Crippen LogP contribution in [-0.4, -0.2) is 5.78 Å². The highest BCUT2D eigenvalue weighted by molar-refractivity contribution is 5.94. The topological polar surface area (TPSA) is 17.1 Å². The van der Waals surface area contributed by atoms with Gasteiger partial charge in [-0.15, -0.1) is 0 Å². The number of carbonyl (C=O) groups is 1. The lowest BCUT2D eigenvalue weighted by Crippen LogP contribution is -2.22. The van der Waals surface area contributed by atoms with Crippen molar-refractivity contribution in [1.29, 1.82) is 0 Å². The van der Waals surface area contributed by atoms with Gasteiger partial charge in [-0.3, -0.25) is 4.79 Å². The van der Waals surface area contributed by atoms with E-state index in [4.69, 9.17) is 0 Å². The highest BCUT2D eigenvalue weighted by Crippen LogP contribution is 2.33. The molecule has 0 fully saturated rings. The first-order valence-corrected chi connectivity index (χ1v) is 6.66. The lowest BCUT2D eigenvalue weighted by Gasteiger charge is -2.24. The van der Waals surface area contributed by atoms with E-state index in [1.165, 1.54) is 0 Å². The molecule has 94 valence electrons. The molecule has 0 radical (unpaired) electrons. The maximum absolute atomic E-state index is 12.7. The zero-order valence-corrected chi connectivity index (χ0v) is 10.7. The quantitative estimate of drug-likeness (QED) is 0.732. The minimum absolute atomic E-state index is 0.00333. The van der Waals surface area contributed by atoms with E-state index in [9.17, 15) is 4.79 Å². The summed E-state index contributed by atoms with van der Waals surface area (Å²) >= 11 is 0. The van der Waals surface area contributed by atoms with Gasteiger partial charge in [0.05, 0.1) is 5.92 Å². The third-order valence-electron chi connectivity index (χ3n) is 3.71. The standard InChI is InChI=1S/C18H16O/c19-18-16(14-8-3-1-4-9-14)12-7-13-17(18)15-10-5-2-6-11-15/h1-12,16-17H,13H2. The Bertz CT molecular complexity index is 584. The molecule has 0 saturated heterocycles. The van der Waals surface area contributed by atoms with E-state index in [1.807, 2.05) is 66.7 Å². The van der Waals surface area contributed by atoms with Crippen LogP contribution in [0.2, 0.25) is 0 Å². The molecule has 1 nitrogen and oxygen atoms in total. The molecule has 2 aromatic carbocycles. The van der Waals surface area contributed by atoms with Crippen LogP contribution in [-0.2, 0) is 4.79 Å². The highest BCUT2D eigenvalue weighted by Gasteiger charge is 2.29. The molecule has 0 spiro atoms. The fourth-order valence-corrected chi connectivity index (χ4v) is 2.70. The number of Topliss-reactive ketones (excluding diaryl/α,β-unsaturated/α-hetero) is 1. The maximum Gasteiger partial charge on any atom is 0.151 e. The van der Waals surface area contributed by atoms with Gasteiger partial charge in [0.2, 0.25) is 0 Å². The summed E-state index contributed by atoms with van der Waals surface area (Å²) in [5.41, 5.74) is 2.21. The monoisotopic (exact) mass is 248 g/mol. The van der Waals surface area contributed by atoms with Gasteiger partial charge in [0, 0.05) is 5.92 Å². The first-order valence-electron chi connectivity index (χ1n) is 6.66. The summed E-state index contributed by atoms with van der Waals surface area (Å²) in [5, 5.41) is 0. The first kappa shape index (κ1) is 11.9. The molecule has 2 unspecified atom stereocenters. The van der Waals surface area contributed by atoms with Crippen LogP contribution in [0.25, 0.3) is 0 Å². The minimum Gasteiger partial charge on any atom is -0.298 e. The number of hydrogen-bond donors (Lipinski definition) is 0. The molecule has 0 heterocycles. The molecule has 1 heteroatoms. The van der Waals surface area contributed by atoms with Crippen molar-refractivity contribution < 1.29 is 4.79 Å². The third-order valence-corrected chi connectivity index (χ3v) is 3.71. The molecule has 2 atom stereocenters. The summed E-state index contributed by atoms with van der Waals surface area (Å²) in [6.45, 7) is 0. The molecule has 0 aromatic heterocycles. The summed E-state index contributed by atoms with van der Waals surface area (Å²) in [6, 6.07) is 20.1. The summed E-state index contributed by atoms with van der Waals surface area (Å²) in [7, 11) is 0. The van der Waals surface area contributed by atoms with Crippen molar-refractivity contribution in [1.82, 2.24) is 0 Å². The van der Waals surface area contributed by atoms with Gasteiger partial charge in [-0.05, 0) is 17.5 Å². The van der Waals surface area contributed by atoms with Crippen molar-refractivity contribution in [3.8, 4) is 0 Å². The Morgan fingerprint density at radius 2 is 1.37 bits per heavy atom. The normalized spacial score (nSPS) is 22.4. The van der Waals surface area contributed by atoms with Crippen LogP contribution in [0.4, 0.5) is 0 Å². The number of carbonyl (C=O) groups excluding carboxylic acids is 1. The second-order valence-corrected chi connectivity index (χ2v) is 4.92. The fraction of sp³-hybridized carbons (Fsp3) is 0.167. The van der Waals surface area contributed by atoms with Gasteiger partial charge in [-0.2, -0.15) is 0 Å². The predicted molar refractivity (Wildman–Crippen MR) is 77.1 cm³/mol. The maximum atomic E-state index is 12.7. The number of rotatable bonds is 2. The Kier molecular flexibility index (Phi) is 3.28. The van der Waals surface area contributed by atoms with E-state index in [1.54, 1.807) is 0 Å². The lowest BCUT2D eigenvalue weighted by atomic mass is 9.78. The fourth-order valence-electron chi connectivity index (χ4n) is 2.70. The van der Waals surface area contributed by atoms with Crippen molar-refractivity contribution in [2.45, 2.75) is 18.3 Å². The summed E-state index contributed by atoms with van der Waals surface area (Å²) in [6.07, 6.45) is 4.99. The third kappa shape index (κ3) is 2.37. The molecule has 19 heavy (non-hydrogen) atoms. The summed E-state index contributed by atoms with van der Waals surface area (Å²) in [5.74, 6) is 0.205. The molecule has 0 saturated carbocycles. The van der Waals surface area contributed by atoms with E-state index >= 15 is 0 Å². The van der Waals surface area contributed by atoms with Gasteiger partial charge in [-0.25, -0.2) is 0 Å². The Hall–Kier alpha value is -2.15. The average molecular weight is 248 g/mol. The van der Waals surface area contributed by atoms with Crippen LogP contribution in [0.5, 0.6) is 0 Å². The van der Waals surface area contributed by atoms with E-state index < -0.39 is 0 Å². The molecule has 2 aromatic rings. The van der Waals surface area contributed by atoms with Gasteiger partial charge < -0.3 is 0 Å². The smallest absolute Gasteiger partial charge is 0.151 e. The van der Waals surface area contributed by atoms with Gasteiger partial charge in [0.25, 0.3) is 0 Å².